The van der Waals surface area contributed by atoms with Gasteiger partial charge in [-0.1, -0.05) is 6.07 Å². The van der Waals surface area contributed by atoms with Crippen LogP contribution in [0.5, 0.6) is 0 Å². The highest BCUT2D eigenvalue weighted by Crippen LogP contribution is 2.18. The molecule has 0 aliphatic carbocycles. The number of aliphatic hydroxyl groups is 1. The molecule has 18 heavy (non-hydrogen) atoms. The number of oxazole rings is 1. The lowest BCUT2D eigenvalue weighted by Gasteiger charge is -2.10. The quantitative estimate of drug-likeness (QED) is 0.704. The van der Waals surface area contributed by atoms with Gasteiger partial charge in [0.05, 0.1) is 12.1 Å². The molecular weight excluding hydrogens is 242 g/mol. The predicted molar refractivity (Wildman–Crippen MR) is 60.2 cm³/mol. The molecule has 0 saturated carbocycles. The van der Waals surface area contributed by atoms with Crippen LogP contribution in [0.4, 0.5) is 0 Å². The zero-order valence-electron chi connectivity index (χ0n) is 9.25. The third-order valence-corrected chi connectivity index (χ3v) is 2.33. The van der Waals surface area contributed by atoms with Gasteiger partial charge in [-0.25, -0.2) is 9.59 Å². The van der Waals surface area contributed by atoms with Gasteiger partial charge < -0.3 is 19.4 Å². The van der Waals surface area contributed by atoms with Crippen molar-refractivity contribution in [3.05, 3.63) is 34.3 Å². The van der Waals surface area contributed by atoms with Crippen LogP contribution in [-0.4, -0.2) is 34.4 Å². The summed E-state index contributed by atoms with van der Waals surface area (Å²) in [6.45, 7) is -0.620. The number of aromatic nitrogens is 1. The molecule has 7 heteroatoms. The molecule has 0 aliphatic heterocycles. The monoisotopic (exact) mass is 253 g/mol. The fourth-order valence-corrected chi connectivity index (χ4v) is 1.52. The van der Waals surface area contributed by atoms with E-state index < -0.39 is 24.4 Å². The lowest BCUT2D eigenvalue weighted by Crippen LogP contribution is -2.13. The Morgan fingerprint density at radius 2 is 2.28 bits per heavy atom. The average Bonchev–Trinajstić information content (AvgIpc) is 2.67. The number of hydrogen-bond donors (Lipinski definition) is 3. The molecule has 1 aromatic heterocycles. The molecule has 3 N–H and O–H groups in total. The van der Waals surface area contributed by atoms with E-state index in [1.807, 2.05) is 0 Å². The molecule has 0 spiro atoms. The first-order valence-corrected chi connectivity index (χ1v) is 5.16. The van der Waals surface area contributed by atoms with Crippen molar-refractivity contribution in [3.8, 4) is 0 Å². The normalized spacial score (nSPS) is 12.7. The lowest BCUT2D eigenvalue weighted by molar-refractivity contribution is -0.143. The number of rotatable bonds is 5. The Morgan fingerprint density at radius 3 is 3.00 bits per heavy atom. The zero-order valence-corrected chi connectivity index (χ0v) is 9.25. The Labute approximate surface area is 101 Å². The molecule has 0 fully saturated rings. The Hall–Kier alpha value is -2.12. The minimum absolute atomic E-state index is 0.146. The number of hydrogen-bond acceptors (Lipinski definition) is 5. The van der Waals surface area contributed by atoms with Gasteiger partial charge in [-0.3, -0.25) is 4.98 Å². The number of ether oxygens (including phenoxy) is 1. The van der Waals surface area contributed by atoms with Crippen LogP contribution in [0, 0.1) is 0 Å². The van der Waals surface area contributed by atoms with E-state index in [2.05, 4.69) is 4.98 Å². The largest absolute Gasteiger partial charge is 0.480 e. The molecule has 0 saturated heterocycles. The molecule has 7 nitrogen and oxygen atoms in total. The van der Waals surface area contributed by atoms with E-state index in [0.717, 1.165) is 0 Å². The van der Waals surface area contributed by atoms with Crippen LogP contribution in [0.25, 0.3) is 11.1 Å². The minimum atomic E-state index is -1.10. The molecule has 0 amide bonds. The van der Waals surface area contributed by atoms with Crippen LogP contribution >= 0.6 is 0 Å². The van der Waals surface area contributed by atoms with E-state index in [4.69, 9.17) is 14.3 Å². The van der Waals surface area contributed by atoms with Crippen molar-refractivity contribution in [2.45, 2.75) is 6.10 Å². The van der Waals surface area contributed by atoms with Crippen LogP contribution in [0.1, 0.15) is 11.7 Å². The second kappa shape index (κ2) is 5.03. The van der Waals surface area contributed by atoms with Crippen LogP contribution in [0.3, 0.4) is 0 Å². The maximum absolute atomic E-state index is 10.9. The number of H-pyrrole nitrogens is 1. The van der Waals surface area contributed by atoms with Gasteiger partial charge >= 0.3 is 11.7 Å². The van der Waals surface area contributed by atoms with Gasteiger partial charge in [0, 0.05) is 0 Å². The molecule has 1 unspecified atom stereocenters. The first kappa shape index (κ1) is 12.3. The van der Waals surface area contributed by atoms with Gasteiger partial charge in [0.1, 0.15) is 12.7 Å². The second-order valence-corrected chi connectivity index (χ2v) is 3.69. The fourth-order valence-electron chi connectivity index (χ4n) is 1.52. The highest BCUT2D eigenvalue weighted by atomic mass is 16.5. The molecular formula is C11H11NO6. The number of aliphatic hydroxyl groups excluding tert-OH is 1. The first-order valence-electron chi connectivity index (χ1n) is 5.16. The molecule has 1 atom stereocenters. The Bertz CT molecular complexity index is 613. The number of carbonyl (C=O) groups is 1. The first-order chi connectivity index (χ1) is 8.56. The molecule has 2 aromatic rings. The van der Waals surface area contributed by atoms with Crippen LogP contribution in [-0.2, 0) is 9.53 Å². The second-order valence-electron chi connectivity index (χ2n) is 3.69. The van der Waals surface area contributed by atoms with Crippen molar-refractivity contribution in [2.24, 2.45) is 0 Å². The summed E-state index contributed by atoms with van der Waals surface area (Å²) in [4.78, 5) is 23.6. The molecule has 1 heterocycles. The topological polar surface area (TPSA) is 113 Å². The van der Waals surface area contributed by atoms with Gasteiger partial charge in [-0.2, -0.15) is 0 Å². The van der Waals surface area contributed by atoms with Gasteiger partial charge in [-0.15, -0.1) is 0 Å². The molecule has 96 valence electrons. The van der Waals surface area contributed by atoms with Crippen molar-refractivity contribution < 1.29 is 24.2 Å². The minimum Gasteiger partial charge on any atom is -0.480 e. The maximum atomic E-state index is 10.9. The van der Waals surface area contributed by atoms with Crippen LogP contribution in [0.2, 0.25) is 0 Å². The molecule has 0 bridgehead atoms. The Balaban J connectivity index is 2.09. The standard InChI is InChI=1S/C11H11NO6/c13-8(4-17-5-10(14)15)6-1-2-7-9(3-6)18-11(16)12-7/h1-3,8,13H,4-5H2,(H,12,16)(H,14,15). The van der Waals surface area contributed by atoms with E-state index in [0.29, 0.717) is 16.7 Å². The van der Waals surface area contributed by atoms with Crippen molar-refractivity contribution in [1.29, 1.82) is 0 Å². The summed E-state index contributed by atoms with van der Waals surface area (Å²) in [7, 11) is 0. The lowest BCUT2D eigenvalue weighted by atomic mass is 10.1. The summed E-state index contributed by atoms with van der Waals surface area (Å²) in [6, 6.07) is 4.70. The number of carboxylic acid groups (broad SMARTS) is 1. The summed E-state index contributed by atoms with van der Waals surface area (Å²) in [5, 5.41) is 18.1. The molecule has 0 radical (unpaired) electrons. The summed E-state index contributed by atoms with van der Waals surface area (Å²) in [6.07, 6.45) is -0.978. The van der Waals surface area contributed by atoms with E-state index in [9.17, 15) is 14.7 Å². The van der Waals surface area contributed by atoms with Gasteiger partial charge in [0.15, 0.2) is 5.58 Å². The summed E-state index contributed by atoms with van der Waals surface area (Å²) < 4.78 is 9.62. The molecule has 0 aliphatic rings. The Morgan fingerprint density at radius 1 is 1.50 bits per heavy atom. The van der Waals surface area contributed by atoms with Gasteiger partial charge in [-0.05, 0) is 17.7 Å². The number of aromatic amines is 1. The SMILES string of the molecule is O=C(O)COCC(O)c1ccc2[nH]c(=O)oc2c1. The highest BCUT2D eigenvalue weighted by molar-refractivity contribution is 5.72. The van der Waals surface area contributed by atoms with E-state index in [1.54, 1.807) is 12.1 Å². The van der Waals surface area contributed by atoms with Crippen molar-refractivity contribution in [1.82, 2.24) is 4.98 Å². The number of fused-ring (bicyclic) bond motifs is 1. The Kier molecular flexibility index (Phi) is 3.45. The summed E-state index contributed by atoms with van der Waals surface area (Å²) in [5.74, 6) is -1.67. The predicted octanol–water partition coefficient (Wildman–Crippen LogP) is 0.256. The number of benzene rings is 1. The van der Waals surface area contributed by atoms with Crippen molar-refractivity contribution >= 4 is 17.1 Å². The summed E-state index contributed by atoms with van der Waals surface area (Å²) >= 11 is 0. The van der Waals surface area contributed by atoms with Crippen molar-refractivity contribution in [3.63, 3.8) is 0 Å². The number of nitrogens with one attached hydrogen (secondary N) is 1. The average molecular weight is 253 g/mol. The van der Waals surface area contributed by atoms with Gasteiger partial charge in [0.25, 0.3) is 0 Å². The molecule has 2 rings (SSSR count). The maximum Gasteiger partial charge on any atom is 0.417 e. The fraction of sp³-hybridized carbons (Fsp3) is 0.273. The van der Waals surface area contributed by atoms with E-state index >= 15 is 0 Å². The molecule has 1 aromatic carbocycles. The van der Waals surface area contributed by atoms with Crippen molar-refractivity contribution in [2.75, 3.05) is 13.2 Å². The van der Waals surface area contributed by atoms with Gasteiger partial charge in [0.2, 0.25) is 0 Å². The highest BCUT2D eigenvalue weighted by Gasteiger charge is 2.11. The number of aliphatic carboxylic acids is 1. The van der Waals surface area contributed by atoms with Crippen LogP contribution < -0.4 is 5.76 Å². The van der Waals surface area contributed by atoms with Crippen LogP contribution in [0.15, 0.2) is 27.4 Å². The third-order valence-electron chi connectivity index (χ3n) is 2.33. The number of carboxylic acids is 1. The zero-order chi connectivity index (χ0) is 13.1. The third kappa shape index (κ3) is 2.76. The smallest absolute Gasteiger partial charge is 0.417 e. The summed E-state index contributed by atoms with van der Waals surface area (Å²) in [5.41, 5.74) is 1.34. The van der Waals surface area contributed by atoms with E-state index in [1.165, 1.54) is 6.07 Å². The van der Waals surface area contributed by atoms with E-state index in [-0.39, 0.29) is 6.61 Å².